The highest BCUT2D eigenvalue weighted by molar-refractivity contribution is 6.30. The molecule has 1 aromatic rings. The molecule has 0 spiro atoms. The Kier molecular flexibility index (Phi) is 5.08. The first-order chi connectivity index (χ1) is 7.63. The zero-order valence-electron chi connectivity index (χ0n) is 8.94. The van der Waals surface area contributed by atoms with Gasteiger partial charge in [0, 0.05) is 5.02 Å². The summed E-state index contributed by atoms with van der Waals surface area (Å²) >= 11 is 5.83. The van der Waals surface area contributed by atoms with Crippen LogP contribution in [0, 0.1) is 0 Å². The largest absolute Gasteiger partial charge is 0.447 e. The molecule has 1 unspecified atom stereocenters. The summed E-state index contributed by atoms with van der Waals surface area (Å²) in [4.78, 5) is 11.2. The summed E-state index contributed by atoms with van der Waals surface area (Å²) < 4.78 is 4.68. The van der Waals surface area contributed by atoms with E-state index in [1.165, 1.54) is 0 Å². The number of halogens is 1. The number of aliphatic hydroxyl groups excluding tert-OH is 1. The first-order valence-corrected chi connectivity index (χ1v) is 5.31. The predicted molar refractivity (Wildman–Crippen MR) is 61.4 cm³/mol. The van der Waals surface area contributed by atoms with Crippen molar-refractivity contribution in [3.63, 3.8) is 0 Å². The highest BCUT2D eigenvalue weighted by atomic mass is 35.5. The minimum Gasteiger partial charge on any atom is -0.447 e. The first-order valence-electron chi connectivity index (χ1n) is 4.93. The average Bonchev–Trinajstić information content (AvgIpc) is 2.26. The Balaban J connectivity index is 2.52. The maximum atomic E-state index is 11.2. The van der Waals surface area contributed by atoms with Gasteiger partial charge in [-0.15, -0.1) is 0 Å². The van der Waals surface area contributed by atoms with Crippen LogP contribution in [0.5, 0.6) is 0 Å². The van der Waals surface area contributed by atoms with Gasteiger partial charge in [-0.05, 0) is 24.6 Å². The van der Waals surface area contributed by atoms with E-state index >= 15 is 0 Å². The number of benzene rings is 1. The molecule has 0 aliphatic rings. The summed E-state index contributed by atoms with van der Waals surface area (Å²) in [5, 5.41) is 11.7. The number of aliphatic hydroxyl groups is 1. The van der Waals surface area contributed by atoms with Gasteiger partial charge < -0.3 is 15.2 Å². The molecule has 0 saturated heterocycles. The normalized spacial score (nSPS) is 11.9. The zero-order valence-corrected chi connectivity index (χ0v) is 9.70. The van der Waals surface area contributed by atoms with Gasteiger partial charge in [0.25, 0.3) is 0 Å². The second kappa shape index (κ2) is 6.35. The molecular weight excluding hydrogens is 230 g/mol. The molecule has 1 aromatic carbocycles. The second-order valence-corrected chi connectivity index (χ2v) is 3.72. The van der Waals surface area contributed by atoms with E-state index in [4.69, 9.17) is 16.7 Å². The molecule has 4 nitrogen and oxygen atoms in total. The molecule has 1 atom stereocenters. The summed E-state index contributed by atoms with van der Waals surface area (Å²) in [7, 11) is 0. The lowest BCUT2D eigenvalue weighted by Crippen LogP contribution is -2.28. The van der Waals surface area contributed by atoms with Gasteiger partial charge in [0.1, 0.15) is 6.61 Å². The molecule has 2 N–H and O–H groups in total. The Morgan fingerprint density at radius 3 is 3.00 bits per heavy atom. The fraction of sp³-hybridized carbons (Fsp3) is 0.364. The number of alkyl carbamates (subject to hydrolysis) is 1. The van der Waals surface area contributed by atoms with Gasteiger partial charge in [0.05, 0.1) is 12.6 Å². The number of carbonyl (C=O) groups is 1. The van der Waals surface area contributed by atoms with Crippen LogP contribution in [0.15, 0.2) is 24.3 Å². The van der Waals surface area contributed by atoms with Gasteiger partial charge in [0.15, 0.2) is 0 Å². The summed E-state index contributed by atoms with van der Waals surface area (Å²) in [6.07, 6.45) is -0.554. The Morgan fingerprint density at radius 1 is 1.62 bits per heavy atom. The molecule has 5 heteroatoms. The lowest BCUT2D eigenvalue weighted by atomic mass is 10.1. The molecule has 16 heavy (non-hydrogen) atoms. The predicted octanol–water partition coefficient (Wildman–Crippen LogP) is 2.12. The summed E-state index contributed by atoms with van der Waals surface area (Å²) in [5.74, 6) is 0. The third kappa shape index (κ3) is 4.08. The molecular formula is C11H14ClNO3. The van der Waals surface area contributed by atoms with E-state index in [0.717, 1.165) is 5.56 Å². The third-order valence-corrected chi connectivity index (χ3v) is 2.24. The fourth-order valence-electron chi connectivity index (χ4n) is 1.22. The van der Waals surface area contributed by atoms with Gasteiger partial charge in [-0.3, -0.25) is 0 Å². The molecule has 0 aliphatic carbocycles. The zero-order chi connectivity index (χ0) is 12.0. The van der Waals surface area contributed by atoms with Crippen molar-refractivity contribution < 1.29 is 14.6 Å². The number of hydrogen-bond acceptors (Lipinski definition) is 3. The van der Waals surface area contributed by atoms with Crippen LogP contribution >= 0.6 is 11.6 Å². The van der Waals surface area contributed by atoms with Gasteiger partial charge >= 0.3 is 6.09 Å². The van der Waals surface area contributed by atoms with E-state index in [9.17, 15) is 4.79 Å². The fourth-order valence-corrected chi connectivity index (χ4v) is 1.41. The van der Waals surface area contributed by atoms with Crippen LogP contribution in [0.25, 0.3) is 0 Å². The van der Waals surface area contributed by atoms with E-state index in [-0.39, 0.29) is 19.3 Å². The number of amides is 1. The van der Waals surface area contributed by atoms with Crippen LogP contribution in [0.1, 0.15) is 18.5 Å². The van der Waals surface area contributed by atoms with Crippen molar-refractivity contribution in [1.29, 1.82) is 0 Å². The van der Waals surface area contributed by atoms with E-state index < -0.39 is 6.09 Å². The van der Waals surface area contributed by atoms with Crippen molar-refractivity contribution in [2.24, 2.45) is 0 Å². The number of hydrogen-bond donors (Lipinski definition) is 2. The summed E-state index contributed by atoms with van der Waals surface area (Å²) in [5.41, 5.74) is 0.897. The topological polar surface area (TPSA) is 58.6 Å². The number of ether oxygens (including phenoxy) is 1. The molecule has 1 rings (SSSR count). The minimum atomic E-state index is -0.554. The molecule has 0 heterocycles. The van der Waals surface area contributed by atoms with Crippen LogP contribution in [0.3, 0.4) is 0 Å². The van der Waals surface area contributed by atoms with E-state index in [1.807, 2.05) is 19.1 Å². The maximum Gasteiger partial charge on any atom is 0.407 e. The lowest BCUT2D eigenvalue weighted by molar-refractivity contribution is 0.116. The molecule has 0 bridgehead atoms. The van der Waals surface area contributed by atoms with Crippen molar-refractivity contribution in [3.8, 4) is 0 Å². The van der Waals surface area contributed by atoms with Gasteiger partial charge in [-0.25, -0.2) is 4.79 Å². The molecule has 0 aliphatic heterocycles. The third-order valence-electron chi connectivity index (χ3n) is 2.01. The van der Waals surface area contributed by atoms with Gasteiger partial charge in [-0.2, -0.15) is 0 Å². The number of nitrogens with one attached hydrogen (secondary N) is 1. The summed E-state index contributed by atoms with van der Waals surface area (Å²) in [6.45, 7) is 1.64. The smallest absolute Gasteiger partial charge is 0.407 e. The van der Waals surface area contributed by atoms with Gasteiger partial charge in [-0.1, -0.05) is 23.7 Å². The Hall–Kier alpha value is -1.26. The highest BCUT2D eigenvalue weighted by Crippen LogP contribution is 2.17. The summed E-state index contributed by atoms with van der Waals surface area (Å²) in [6, 6.07) is 7.03. The van der Waals surface area contributed by atoms with Crippen LogP contribution in [0.4, 0.5) is 4.79 Å². The van der Waals surface area contributed by atoms with E-state index in [0.29, 0.717) is 5.02 Å². The number of carbonyl (C=O) groups excluding carboxylic acids is 1. The van der Waals surface area contributed by atoms with Crippen LogP contribution < -0.4 is 5.32 Å². The quantitative estimate of drug-likeness (QED) is 0.852. The Morgan fingerprint density at radius 2 is 2.38 bits per heavy atom. The van der Waals surface area contributed by atoms with Gasteiger partial charge in [0.2, 0.25) is 0 Å². The molecule has 0 saturated carbocycles. The Labute approximate surface area is 99.2 Å². The van der Waals surface area contributed by atoms with Crippen LogP contribution in [0.2, 0.25) is 5.02 Å². The molecule has 1 amide bonds. The second-order valence-electron chi connectivity index (χ2n) is 3.28. The number of rotatable bonds is 4. The van der Waals surface area contributed by atoms with Crippen molar-refractivity contribution in [3.05, 3.63) is 34.9 Å². The lowest BCUT2D eigenvalue weighted by Gasteiger charge is -2.14. The van der Waals surface area contributed by atoms with Crippen molar-refractivity contribution >= 4 is 17.7 Å². The standard InChI is InChI=1S/C11H14ClNO3/c1-8(13-11(15)16-6-5-14)9-3-2-4-10(12)7-9/h2-4,7-8,14H,5-6H2,1H3,(H,13,15). The van der Waals surface area contributed by atoms with Crippen LogP contribution in [-0.2, 0) is 4.74 Å². The monoisotopic (exact) mass is 243 g/mol. The molecule has 0 fully saturated rings. The van der Waals surface area contributed by atoms with E-state index in [2.05, 4.69) is 10.1 Å². The SMILES string of the molecule is CC(NC(=O)OCCO)c1cccc(Cl)c1. The highest BCUT2D eigenvalue weighted by Gasteiger charge is 2.10. The van der Waals surface area contributed by atoms with Crippen LogP contribution in [-0.4, -0.2) is 24.4 Å². The molecule has 0 aromatic heterocycles. The minimum absolute atomic E-state index is 0.00585. The molecule has 88 valence electrons. The van der Waals surface area contributed by atoms with Crippen molar-refractivity contribution in [2.45, 2.75) is 13.0 Å². The Bertz CT molecular complexity index is 357. The van der Waals surface area contributed by atoms with Crippen molar-refractivity contribution in [2.75, 3.05) is 13.2 Å². The average molecular weight is 244 g/mol. The first kappa shape index (κ1) is 12.8. The maximum absolute atomic E-state index is 11.2. The molecule has 0 radical (unpaired) electrons. The van der Waals surface area contributed by atoms with Crippen molar-refractivity contribution in [1.82, 2.24) is 5.32 Å². The van der Waals surface area contributed by atoms with E-state index in [1.54, 1.807) is 12.1 Å².